The molecular weight excluding hydrogens is 404 g/mol. The molecule has 2 heterocycles. The summed E-state index contributed by atoms with van der Waals surface area (Å²) in [7, 11) is -3.75. The minimum absolute atomic E-state index is 0.121. The van der Waals surface area contributed by atoms with Crippen molar-refractivity contribution in [2.24, 2.45) is 0 Å². The van der Waals surface area contributed by atoms with E-state index in [0.717, 1.165) is 24.5 Å². The van der Waals surface area contributed by atoms with E-state index >= 15 is 0 Å². The highest BCUT2D eigenvalue weighted by atomic mass is 32.2. The van der Waals surface area contributed by atoms with Crippen LogP contribution in [-0.2, 0) is 26.1 Å². The molecule has 1 fully saturated rings. The van der Waals surface area contributed by atoms with Gasteiger partial charge in [-0.3, -0.25) is 4.79 Å². The molecule has 2 N–H and O–H groups in total. The number of anilines is 1. The number of carbonyl (C=O) groups is 1. The van der Waals surface area contributed by atoms with Crippen molar-refractivity contribution in [1.29, 1.82) is 0 Å². The summed E-state index contributed by atoms with van der Waals surface area (Å²) in [5.41, 5.74) is 0.833. The lowest BCUT2D eigenvalue weighted by molar-refractivity contribution is -0.122. The number of aromatic nitrogens is 1. The molecule has 0 aliphatic carbocycles. The zero-order chi connectivity index (χ0) is 21.7. The Morgan fingerprint density at radius 2 is 1.83 bits per heavy atom. The van der Waals surface area contributed by atoms with Crippen molar-refractivity contribution in [3.63, 3.8) is 0 Å². The average molecular weight is 433 g/mol. The maximum atomic E-state index is 12.3. The van der Waals surface area contributed by atoms with Crippen molar-refractivity contribution in [3.05, 3.63) is 54.2 Å². The zero-order valence-electron chi connectivity index (χ0n) is 17.4. The molecular formula is C21H28N4O4S. The van der Waals surface area contributed by atoms with Crippen LogP contribution in [0.2, 0.25) is 0 Å². The Kier molecular flexibility index (Phi) is 7.06. The number of sulfonamides is 1. The van der Waals surface area contributed by atoms with Crippen LogP contribution in [0.15, 0.2) is 53.6 Å². The third-order valence-electron chi connectivity index (χ3n) is 4.80. The third kappa shape index (κ3) is 5.78. The molecule has 8 nitrogen and oxygen atoms in total. The average Bonchev–Trinajstić information content (AvgIpc) is 2.72. The van der Waals surface area contributed by atoms with Crippen molar-refractivity contribution in [1.82, 2.24) is 15.0 Å². The third-order valence-corrected chi connectivity index (χ3v) is 6.35. The highest BCUT2D eigenvalue weighted by Gasteiger charge is 2.23. The van der Waals surface area contributed by atoms with E-state index in [0.29, 0.717) is 0 Å². The van der Waals surface area contributed by atoms with Crippen molar-refractivity contribution in [2.45, 2.75) is 50.5 Å². The van der Waals surface area contributed by atoms with Gasteiger partial charge in [-0.15, -0.1) is 0 Å². The molecule has 30 heavy (non-hydrogen) atoms. The number of amides is 1. The first-order chi connectivity index (χ1) is 14.2. The number of nitrogens with one attached hydrogen (secondary N) is 2. The summed E-state index contributed by atoms with van der Waals surface area (Å²) in [4.78, 5) is 19.1. The van der Waals surface area contributed by atoms with Gasteiger partial charge < -0.3 is 15.0 Å². The van der Waals surface area contributed by atoms with Crippen molar-refractivity contribution in [3.8, 4) is 0 Å². The van der Waals surface area contributed by atoms with Gasteiger partial charge in [-0.25, -0.2) is 13.4 Å². The van der Waals surface area contributed by atoms with Crippen LogP contribution in [0.5, 0.6) is 0 Å². The Bertz CT molecular complexity index is 941. The molecule has 1 saturated heterocycles. The molecule has 3 rings (SSSR count). The Labute approximate surface area is 177 Å². The summed E-state index contributed by atoms with van der Waals surface area (Å²) in [5.74, 6) is 0.463. The van der Waals surface area contributed by atoms with E-state index in [9.17, 15) is 13.2 Å². The van der Waals surface area contributed by atoms with E-state index in [-0.39, 0.29) is 23.6 Å². The molecule has 1 amide bonds. The van der Waals surface area contributed by atoms with Crippen LogP contribution < -0.4 is 14.9 Å². The van der Waals surface area contributed by atoms with Crippen LogP contribution in [0.3, 0.4) is 0 Å². The number of carbonyl (C=O) groups excluding carboxylic acids is 1. The molecule has 1 aliphatic heterocycles. The first kappa shape index (κ1) is 22.2. The smallest absolute Gasteiger partial charge is 0.241 e. The monoisotopic (exact) mass is 432 g/mol. The molecule has 2 aromatic rings. The fourth-order valence-electron chi connectivity index (χ4n) is 3.37. The van der Waals surface area contributed by atoms with Gasteiger partial charge in [0.1, 0.15) is 5.82 Å². The van der Waals surface area contributed by atoms with Gasteiger partial charge in [0.15, 0.2) is 0 Å². The second kappa shape index (κ2) is 9.55. The zero-order valence-corrected chi connectivity index (χ0v) is 18.2. The number of pyridine rings is 1. The van der Waals surface area contributed by atoms with E-state index in [1.165, 1.54) is 19.1 Å². The van der Waals surface area contributed by atoms with Crippen molar-refractivity contribution >= 4 is 21.7 Å². The number of rotatable bonds is 7. The lowest BCUT2D eigenvalue weighted by Gasteiger charge is -2.36. The van der Waals surface area contributed by atoms with Gasteiger partial charge in [0.05, 0.1) is 23.1 Å². The normalized spacial score (nSPS) is 20.6. The standard InChI is InChI=1S/C21H28N4O4S/c1-15-13-25(14-16(2)29-15)20-10-9-18(11-22-20)12-23-21(26)17(3)24-30(27,28)19-7-5-4-6-8-19/h4-11,15-17,24H,12-14H2,1-3H3,(H,23,26)/t15?,16?,17-/m0/s1. The Morgan fingerprint density at radius 3 is 2.43 bits per heavy atom. The number of morpholine rings is 1. The maximum absolute atomic E-state index is 12.3. The van der Waals surface area contributed by atoms with Gasteiger partial charge in [-0.2, -0.15) is 4.72 Å². The summed E-state index contributed by atoms with van der Waals surface area (Å²) >= 11 is 0. The molecule has 1 aromatic heterocycles. The van der Waals surface area contributed by atoms with E-state index in [4.69, 9.17) is 4.74 Å². The Hall–Kier alpha value is -2.49. The number of hydrogen-bond donors (Lipinski definition) is 2. The largest absolute Gasteiger partial charge is 0.372 e. The van der Waals surface area contributed by atoms with Gasteiger partial charge in [0.25, 0.3) is 0 Å². The van der Waals surface area contributed by atoms with Crippen LogP contribution in [0.25, 0.3) is 0 Å². The molecule has 1 aromatic carbocycles. The van der Waals surface area contributed by atoms with Gasteiger partial charge >= 0.3 is 0 Å². The van der Waals surface area contributed by atoms with Crippen LogP contribution in [-0.4, -0.2) is 50.6 Å². The lowest BCUT2D eigenvalue weighted by atomic mass is 10.2. The molecule has 0 saturated carbocycles. The molecule has 0 bridgehead atoms. The topological polar surface area (TPSA) is 101 Å². The predicted octanol–water partition coefficient (Wildman–Crippen LogP) is 1.68. The summed E-state index contributed by atoms with van der Waals surface area (Å²) < 4.78 is 32.8. The van der Waals surface area contributed by atoms with E-state index in [1.807, 2.05) is 26.0 Å². The molecule has 2 unspecified atom stereocenters. The van der Waals surface area contributed by atoms with E-state index in [1.54, 1.807) is 24.4 Å². The molecule has 0 radical (unpaired) electrons. The van der Waals surface area contributed by atoms with Crippen LogP contribution in [0, 0.1) is 0 Å². The van der Waals surface area contributed by atoms with E-state index < -0.39 is 22.0 Å². The first-order valence-corrected chi connectivity index (χ1v) is 11.4. The number of benzene rings is 1. The predicted molar refractivity (Wildman–Crippen MR) is 115 cm³/mol. The second-order valence-electron chi connectivity index (χ2n) is 7.56. The highest BCUT2D eigenvalue weighted by molar-refractivity contribution is 7.89. The van der Waals surface area contributed by atoms with Crippen molar-refractivity contribution < 1.29 is 17.9 Å². The SMILES string of the molecule is CC1CN(c2ccc(CNC(=O)[C@H](C)NS(=O)(=O)c3ccccc3)cn2)CC(C)O1. The summed E-state index contributed by atoms with van der Waals surface area (Å²) in [6, 6.07) is 10.9. The first-order valence-electron chi connectivity index (χ1n) is 9.95. The molecule has 0 spiro atoms. The quantitative estimate of drug-likeness (QED) is 0.690. The van der Waals surface area contributed by atoms with Crippen molar-refractivity contribution in [2.75, 3.05) is 18.0 Å². The summed E-state index contributed by atoms with van der Waals surface area (Å²) in [6.07, 6.45) is 2.02. The summed E-state index contributed by atoms with van der Waals surface area (Å²) in [5, 5.41) is 2.75. The maximum Gasteiger partial charge on any atom is 0.241 e. The number of ether oxygens (including phenoxy) is 1. The summed E-state index contributed by atoms with van der Waals surface area (Å²) in [6.45, 7) is 7.43. The van der Waals surface area contributed by atoms with Gasteiger partial charge in [-0.05, 0) is 44.5 Å². The van der Waals surface area contributed by atoms with E-state index in [2.05, 4.69) is 19.9 Å². The van der Waals surface area contributed by atoms with Crippen LogP contribution in [0.1, 0.15) is 26.3 Å². The minimum atomic E-state index is -3.75. The molecule has 9 heteroatoms. The van der Waals surface area contributed by atoms with Gasteiger partial charge in [-0.1, -0.05) is 24.3 Å². The fraction of sp³-hybridized carbons (Fsp3) is 0.429. The minimum Gasteiger partial charge on any atom is -0.372 e. The number of hydrogen-bond acceptors (Lipinski definition) is 6. The molecule has 3 atom stereocenters. The Morgan fingerprint density at radius 1 is 1.17 bits per heavy atom. The number of nitrogens with zero attached hydrogens (tertiary/aromatic N) is 2. The lowest BCUT2D eigenvalue weighted by Crippen LogP contribution is -2.45. The van der Waals surface area contributed by atoms with Crippen LogP contribution >= 0.6 is 0 Å². The fourth-order valence-corrected chi connectivity index (χ4v) is 4.59. The Balaban J connectivity index is 1.53. The van der Waals surface area contributed by atoms with Gasteiger partial charge in [0.2, 0.25) is 15.9 Å². The molecule has 1 aliphatic rings. The van der Waals surface area contributed by atoms with Crippen LogP contribution in [0.4, 0.5) is 5.82 Å². The second-order valence-corrected chi connectivity index (χ2v) is 9.27. The molecule has 162 valence electrons. The highest BCUT2D eigenvalue weighted by Crippen LogP contribution is 2.18. The van der Waals surface area contributed by atoms with Gasteiger partial charge in [0, 0.05) is 25.8 Å².